The average Bonchev–Trinajstić information content (AvgIpc) is 3.11. The Kier molecular flexibility index (Phi) is 5.11. The van der Waals surface area contributed by atoms with Crippen molar-refractivity contribution < 1.29 is 4.74 Å². The van der Waals surface area contributed by atoms with Gasteiger partial charge in [0.15, 0.2) is 0 Å². The first-order valence-electron chi connectivity index (χ1n) is 8.13. The smallest absolute Gasteiger partial charge is 0.120 e. The first-order valence-corrected chi connectivity index (χ1v) is 8.95. The van der Waals surface area contributed by atoms with Gasteiger partial charge in [0.25, 0.3) is 0 Å². The maximum Gasteiger partial charge on any atom is 0.120 e. The van der Waals surface area contributed by atoms with Crippen LogP contribution in [0.2, 0.25) is 0 Å². The van der Waals surface area contributed by atoms with E-state index in [0.29, 0.717) is 5.41 Å². The van der Waals surface area contributed by atoms with Gasteiger partial charge in [-0.25, -0.2) is 4.98 Å². The summed E-state index contributed by atoms with van der Waals surface area (Å²) in [6.45, 7) is 5.84. The number of rotatable bonds is 3. The Labute approximate surface area is 147 Å². The van der Waals surface area contributed by atoms with Crippen LogP contribution in [0.4, 0.5) is 0 Å². The summed E-state index contributed by atoms with van der Waals surface area (Å²) in [7, 11) is 1.71. The summed E-state index contributed by atoms with van der Waals surface area (Å²) < 4.78 is 6.53. The minimum atomic E-state index is 0. The third-order valence-corrected chi connectivity index (χ3v) is 6.18. The summed E-state index contributed by atoms with van der Waals surface area (Å²) in [6, 6.07) is 6.15. The third-order valence-electron chi connectivity index (χ3n) is 5.18. The highest BCUT2D eigenvalue weighted by atomic mass is 35.5. The lowest BCUT2D eigenvalue weighted by atomic mass is 9.78. The van der Waals surface area contributed by atoms with Crippen LogP contribution < -0.4 is 10.1 Å². The number of aromatic nitrogens is 1. The Morgan fingerprint density at radius 3 is 2.91 bits per heavy atom. The fourth-order valence-corrected chi connectivity index (χ4v) is 4.90. The Morgan fingerprint density at radius 1 is 1.30 bits per heavy atom. The van der Waals surface area contributed by atoms with Gasteiger partial charge in [0.05, 0.1) is 23.9 Å². The summed E-state index contributed by atoms with van der Waals surface area (Å²) in [5.41, 5.74) is 1.67. The molecule has 0 radical (unpaired) electrons. The van der Waals surface area contributed by atoms with E-state index in [2.05, 4.69) is 22.3 Å². The lowest BCUT2D eigenvalue weighted by molar-refractivity contribution is 0.194. The van der Waals surface area contributed by atoms with Crippen LogP contribution in [-0.4, -0.2) is 43.2 Å². The van der Waals surface area contributed by atoms with Crippen LogP contribution in [0, 0.1) is 5.41 Å². The van der Waals surface area contributed by atoms with Crippen molar-refractivity contribution in [1.29, 1.82) is 0 Å². The standard InChI is InChI=1S/C17H23N3OS.ClH/c1-21-13-2-3-14-15(10-13)22-16(19-14)11-20-9-6-17(12-20)4-7-18-8-5-17;/h2-3,10,18H,4-9,11-12H2,1H3;1H. The van der Waals surface area contributed by atoms with Gasteiger partial charge in [-0.05, 0) is 62.5 Å². The lowest BCUT2D eigenvalue weighted by Crippen LogP contribution is -2.38. The van der Waals surface area contributed by atoms with Gasteiger partial charge >= 0.3 is 0 Å². The molecule has 0 saturated carbocycles. The number of nitrogens with zero attached hydrogens (tertiary/aromatic N) is 2. The molecule has 3 heterocycles. The van der Waals surface area contributed by atoms with Crippen molar-refractivity contribution in [2.45, 2.75) is 25.8 Å². The van der Waals surface area contributed by atoms with E-state index in [1.807, 2.05) is 6.07 Å². The van der Waals surface area contributed by atoms with Crippen LogP contribution in [0.5, 0.6) is 5.75 Å². The van der Waals surface area contributed by atoms with E-state index in [4.69, 9.17) is 9.72 Å². The predicted molar refractivity (Wildman–Crippen MR) is 97.9 cm³/mol. The van der Waals surface area contributed by atoms with Gasteiger partial charge in [0.2, 0.25) is 0 Å². The first kappa shape index (κ1) is 17.0. The fraction of sp³-hybridized carbons (Fsp3) is 0.588. The highest BCUT2D eigenvalue weighted by Crippen LogP contribution is 2.39. The molecule has 23 heavy (non-hydrogen) atoms. The van der Waals surface area contributed by atoms with Crippen molar-refractivity contribution in [3.63, 3.8) is 0 Å². The monoisotopic (exact) mass is 353 g/mol. The zero-order valence-corrected chi connectivity index (χ0v) is 15.1. The second-order valence-electron chi connectivity index (χ2n) is 6.65. The Balaban J connectivity index is 0.00000156. The quantitative estimate of drug-likeness (QED) is 0.918. The van der Waals surface area contributed by atoms with Gasteiger partial charge in [-0.15, -0.1) is 23.7 Å². The van der Waals surface area contributed by atoms with E-state index in [0.717, 1.165) is 17.8 Å². The van der Waals surface area contributed by atoms with Gasteiger partial charge in [-0.3, -0.25) is 4.90 Å². The van der Waals surface area contributed by atoms with Crippen LogP contribution in [0.3, 0.4) is 0 Å². The number of halogens is 1. The van der Waals surface area contributed by atoms with Gasteiger partial charge in [-0.2, -0.15) is 0 Å². The second-order valence-corrected chi connectivity index (χ2v) is 7.77. The fourth-order valence-electron chi connectivity index (χ4n) is 3.87. The van der Waals surface area contributed by atoms with Crippen LogP contribution >= 0.6 is 23.7 Å². The molecule has 1 N–H and O–H groups in total. The Morgan fingerprint density at radius 2 is 2.13 bits per heavy atom. The molecule has 2 aromatic rings. The molecule has 0 bridgehead atoms. The lowest BCUT2D eigenvalue weighted by Gasteiger charge is -2.33. The summed E-state index contributed by atoms with van der Waals surface area (Å²) in [4.78, 5) is 7.39. The Bertz CT molecular complexity index is 669. The number of methoxy groups -OCH3 is 1. The summed E-state index contributed by atoms with van der Waals surface area (Å²) in [6.07, 6.45) is 4.02. The molecule has 2 fully saturated rings. The normalized spacial score (nSPS) is 20.7. The minimum Gasteiger partial charge on any atom is -0.497 e. The zero-order chi connectivity index (χ0) is 15.0. The molecule has 0 aliphatic carbocycles. The first-order chi connectivity index (χ1) is 10.8. The van der Waals surface area contributed by atoms with E-state index in [-0.39, 0.29) is 12.4 Å². The molecule has 0 atom stereocenters. The summed E-state index contributed by atoms with van der Waals surface area (Å²) in [5.74, 6) is 0.914. The average molecular weight is 354 g/mol. The van der Waals surface area contributed by atoms with E-state index < -0.39 is 0 Å². The maximum absolute atomic E-state index is 5.30. The molecular weight excluding hydrogens is 330 g/mol. The molecule has 1 spiro atoms. The predicted octanol–water partition coefficient (Wildman–Crippen LogP) is 3.30. The molecule has 4 rings (SSSR count). The Hall–Kier alpha value is -0.880. The van der Waals surface area contributed by atoms with Crippen LogP contribution in [-0.2, 0) is 6.54 Å². The molecule has 0 amide bonds. The molecule has 2 aliphatic rings. The van der Waals surface area contributed by atoms with E-state index in [1.54, 1.807) is 18.4 Å². The largest absolute Gasteiger partial charge is 0.497 e. The molecule has 2 saturated heterocycles. The van der Waals surface area contributed by atoms with E-state index >= 15 is 0 Å². The molecule has 0 unspecified atom stereocenters. The van der Waals surface area contributed by atoms with Crippen molar-refractivity contribution in [3.8, 4) is 5.75 Å². The highest BCUT2D eigenvalue weighted by molar-refractivity contribution is 7.18. The summed E-state index contributed by atoms with van der Waals surface area (Å²) >= 11 is 1.80. The topological polar surface area (TPSA) is 37.4 Å². The second kappa shape index (κ2) is 6.93. The molecule has 6 heteroatoms. The van der Waals surface area contributed by atoms with Crippen molar-refractivity contribution in [3.05, 3.63) is 23.2 Å². The maximum atomic E-state index is 5.30. The van der Waals surface area contributed by atoms with Crippen LogP contribution in [0.15, 0.2) is 18.2 Å². The number of benzene rings is 1. The van der Waals surface area contributed by atoms with Gasteiger partial charge in [-0.1, -0.05) is 0 Å². The number of nitrogens with one attached hydrogen (secondary N) is 1. The van der Waals surface area contributed by atoms with Gasteiger partial charge < -0.3 is 10.1 Å². The van der Waals surface area contributed by atoms with E-state index in [1.165, 1.54) is 55.1 Å². The minimum absolute atomic E-state index is 0. The summed E-state index contributed by atoms with van der Waals surface area (Å²) in [5, 5.41) is 4.72. The van der Waals surface area contributed by atoms with Gasteiger partial charge in [0.1, 0.15) is 10.8 Å². The molecule has 2 aliphatic heterocycles. The number of hydrogen-bond acceptors (Lipinski definition) is 5. The zero-order valence-electron chi connectivity index (χ0n) is 13.5. The molecule has 1 aromatic heterocycles. The molecular formula is C17H24ClN3OS. The molecule has 4 nitrogen and oxygen atoms in total. The van der Waals surface area contributed by atoms with Crippen molar-refractivity contribution >= 4 is 34.0 Å². The van der Waals surface area contributed by atoms with Crippen LogP contribution in [0.25, 0.3) is 10.2 Å². The van der Waals surface area contributed by atoms with Crippen molar-refractivity contribution in [2.75, 3.05) is 33.3 Å². The highest BCUT2D eigenvalue weighted by Gasteiger charge is 2.38. The number of ether oxygens (including phenoxy) is 1. The van der Waals surface area contributed by atoms with Gasteiger partial charge in [0, 0.05) is 6.54 Å². The van der Waals surface area contributed by atoms with Crippen molar-refractivity contribution in [2.24, 2.45) is 5.41 Å². The van der Waals surface area contributed by atoms with Crippen LogP contribution in [0.1, 0.15) is 24.3 Å². The number of thiazole rings is 1. The molecule has 126 valence electrons. The number of piperidine rings is 1. The molecule has 1 aromatic carbocycles. The van der Waals surface area contributed by atoms with E-state index in [9.17, 15) is 0 Å². The number of likely N-dealkylation sites (tertiary alicyclic amines) is 1. The number of fused-ring (bicyclic) bond motifs is 1. The third kappa shape index (κ3) is 3.48. The number of hydrogen-bond donors (Lipinski definition) is 1. The SMILES string of the molecule is COc1ccc2nc(CN3CCC4(CCNCC4)C3)sc2c1.Cl. The van der Waals surface area contributed by atoms with Crippen molar-refractivity contribution in [1.82, 2.24) is 15.2 Å².